The fraction of sp³-hybridized carbons (Fsp3) is 1.00. The summed E-state index contributed by atoms with van der Waals surface area (Å²) in [5, 5.41) is 3.36. The van der Waals surface area contributed by atoms with Gasteiger partial charge in [-0.1, -0.05) is 0 Å². The topological polar surface area (TPSA) is 49.0 Å². The van der Waals surface area contributed by atoms with Crippen molar-refractivity contribution in [2.45, 2.75) is 31.3 Å². The van der Waals surface area contributed by atoms with Crippen LogP contribution in [0.3, 0.4) is 0 Å². The Morgan fingerprint density at radius 2 is 2.00 bits per heavy atom. The zero-order valence-electron chi connectivity index (χ0n) is 10.6. The van der Waals surface area contributed by atoms with Crippen LogP contribution in [0.25, 0.3) is 0 Å². The summed E-state index contributed by atoms with van der Waals surface area (Å²) in [6, 6.07) is 0.114. The van der Waals surface area contributed by atoms with Crippen LogP contribution in [0.2, 0.25) is 0 Å². The van der Waals surface area contributed by atoms with E-state index in [-0.39, 0.29) is 17.9 Å². The molecule has 0 aromatic rings. The Labute approximate surface area is 97.4 Å². The van der Waals surface area contributed by atoms with Gasteiger partial charge in [-0.2, -0.15) is 0 Å². The third kappa shape index (κ3) is 3.40. The van der Waals surface area contributed by atoms with Gasteiger partial charge in [-0.3, -0.25) is 0 Å². The Morgan fingerprint density at radius 1 is 1.31 bits per heavy atom. The van der Waals surface area contributed by atoms with Gasteiger partial charge < -0.3 is 24.3 Å². The summed E-state index contributed by atoms with van der Waals surface area (Å²) in [7, 11) is 5.00. The molecule has 1 saturated heterocycles. The van der Waals surface area contributed by atoms with Crippen LogP contribution >= 0.6 is 0 Å². The Balaban J connectivity index is 2.37. The molecule has 5 nitrogen and oxygen atoms in total. The van der Waals surface area contributed by atoms with Crippen LogP contribution in [-0.4, -0.2) is 59.0 Å². The highest BCUT2D eigenvalue weighted by Crippen LogP contribution is 2.21. The maximum absolute atomic E-state index is 5.53. The molecule has 0 aliphatic carbocycles. The van der Waals surface area contributed by atoms with E-state index in [1.807, 2.05) is 6.92 Å². The van der Waals surface area contributed by atoms with Crippen LogP contribution < -0.4 is 5.32 Å². The first kappa shape index (κ1) is 13.9. The highest BCUT2D eigenvalue weighted by molar-refractivity contribution is 4.88. The molecule has 1 heterocycles. The van der Waals surface area contributed by atoms with E-state index in [1.165, 1.54) is 0 Å². The third-order valence-electron chi connectivity index (χ3n) is 3.12. The van der Waals surface area contributed by atoms with E-state index in [2.05, 4.69) is 5.32 Å². The molecule has 1 aliphatic rings. The second-order valence-corrected chi connectivity index (χ2v) is 4.20. The predicted molar refractivity (Wildman–Crippen MR) is 60.4 cm³/mol. The minimum Gasteiger partial charge on any atom is -0.378 e. The summed E-state index contributed by atoms with van der Waals surface area (Å²) in [6.07, 6.45) is 0.685. The summed E-state index contributed by atoms with van der Waals surface area (Å²) in [5.41, 5.74) is -0.194. The van der Waals surface area contributed by atoms with Gasteiger partial charge in [0, 0.05) is 40.9 Å². The van der Waals surface area contributed by atoms with E-state index in [9.17, 15) is 0 Å². The SMILES string of the molecule is COC(OC)C(C)NCC1(OC)CCOC1. The zero-order valence-corrected chi connectivity index (χ0v) is 10.6. The van der Waals surface area contributed by atoms with Gasteiger partial charge in [0.2, 0.25) is 0 Å². The second kappa shape index (κ2) is 6.51. The van der Waals surface area contributed by atoms with Gasteiger partial charge in [0.1, 0.15) is 5.60 Å². The van der Waals surface area contributed by atoms with Gasteiger partial charge in [0.15, 0.2) is 6.29 Å². The molecule has 1 fully saturated rings. The van der Waals surface area contributed by atoms with Crippen LogP contribution in [0.4, 0.5) is 0 Å². The van der Waals surface area contributed by atoms with Crippen molar-refractivity contribution in [1.82, 2.24) is 5.32 Å². The summed E-state index contributed by atoms with van der Waals surface area (Å²) in [4.78, 5) is 0. The van der Waals surface area contributed by atoms with E-state index >= 15 is 0 Å². The van der Waals surface area contributed by atoms with Crippen molar-refractivity contribution >= 4 is 0 Å². The van der Waals surface area contributed by atoms with Gasteiger partial charge in [-0.15, -0.1) is 0 Å². The van der Waals surface area contributed by atoms with Crippen molar-refractivity contribution in [3.05, 3.63) is 0 Å². The molecule has 0 bridgehead atoms. The summed E-state index contributed by atoms with van der Waals surface area (Å²) < 4.78 is 21.3. The molecule has 0 aromatic carbocycles. The van der Waals surface area contributed by atoms with Crippen molar-refractivity contribution in [1.29, 1.82) is 0 Å². The molecule has 1 rings (SSSR count). The van der Waals surface area contributed by atoms with Gasteiger partial charge in [0.25, 0.3) is 0 Å². The third-order valence-corrected chi connectivity index (χ3v) is 3.12. The van der Waals surface area contributed by atoms with Gasteiger partial charge in [-0.05, 0) is 6.92 Å². The highest BCUT2D eigenvalue weighted by Gasteiger charge is 2.35. The van der Waals surface area contributed by atoms with Gasteiger partial charge in [0.05, 0.1) is 12.6 Å². The Kier molecular flexibility index (Phi) is 5.64. The van der Waals surface area contributed by atoms with Crippen molar-refractivity contribution < 1.29 is 18.9 Å². The van der Waals surface area contributed by atoms with Crippen LogP contribution in [0, 0.1) is 0 Å². The largest absolute Gasteiger partial charge is 0.378 e. The first-order valence-corrected chi connectivity index (χ1v) is 5.59. The molecule has 5 heteroatoms. The van der Waals surface area contributed by atoms with E-state index in [0.29, 0.717) is 6.61 Å². The van der Waals surface area contributed by atoms with Crippen molar-refractivity contribution in [2.24, 2.45) is 0 Å². The first-order valence-electron chi connectivity index (χ1n) is 5.59. The van der Waals surface area contributed by atoms with E-state index < -0.39 is 0 Å². The Bertz CT molecular complexity index is 190. The average Bonchev–Trinajstić information content (AvgIpc) is 2.77. The molecular weight excluding hydrogens is 210 g/mol. The summed E-state index contributed by atoms with van der Waals surface area (Å²) in [5.74, 6) is 0. The van der Waals surface area contributed by atoms with Gasteiger partial charge in [-0.25, -0.2) is 0 Å². The standard InChI is InChI=1S/C11H23NO4/c1-9(10(13-2)14-3)12-7-11(15-4)5-6-16-8-11/h9-10,12H,5-8H2,1-4H3. The fourth-order valence-corrected chi connectivity index (χ4v) is 1.91. The average molecular weight is 233 g/mol. The number of ether oxygens (including phenoxy) is 4. The highest BCUT2D eigenvalue weighted by atomic mass is 16.7. The monoisotopic (exact) mass is 233 g/mol. The maximum Gasteiger partial charge on any atom is 0.171 e. The van der Waals surface area contributed by atoms with E-state index in [1.54, 1.807) is 21.3 Å². The Morgan fingerprint density at radius 3 is 2.44 bits per heavy atom. The lowest BCUT2D eigenvalue weighted by Gasteiger charge is -2.30. The second-order valence-electron chi connectivity index (χ2n) is 4.20. The van der Waals surface area contributed by atoms with E-state index in [0.717, 1.165) is 19.6 Å². The van der Waals surface area contributed by atoms with Crippen LogP contribution in [0.5, 0.6) is 0 Å². The number of rotatable bonds is 7. The number of methoxy groups -OCH3 is 3. The smallest absolute Gasteiger partial charge is 0.171 e. The molecule has 2 atom stereocenters. The summed E-state index contributed by atoms with van der Waals surface area (Å²) in [6.45, 7) is 4.18. The van der Waals surface area contributed by atoms with Crippen LogP contribution in [0.1, 0.15) is 13.3 Å². The molecule has 0 amide bonds. The van der Waals surface area contributed by atoms with E-state index in [4.69, 9.17) is 18.9 Å². The number of nitrogens with one attached hydrogen (secondary N) is 1. The molecule has 1 aliphatic heterocycles. The molecule has 0 spiro atoms. The zero-order chi connectivity index (χ0) is 12.0. The Hall–Kier alpha value is -0.200. The molecule has 0 aromatic heterocycles. The molecule has 0 saturated carbocycles. The van der Waals surface area contributed by atoms with Crippen molar-refractivity contribution in [3.63, 3.8) is 0 Å². The first-order chi connectivity index (χ1) is 7.67. The quantitative estimate of drug-likeness (QED) is 0.645. The van der Waals surface area contributed by atoms with Crippen molar-refractivity contribution in [3.8, 4) is 0 Å². The maximum atomic E-state index is 5.53. The molecule has 16 heavy (non-hydrogen) atoms. The predicted octanol–water partition coefficient (Wildman–Crippen LogP) is 0.389. The fourth-order valence-electron chi connectivity index (χ4n) is 1.91. The van der Waals surface area contributed by atoms with Crippen LogP contribution in [-0.2, 0) is 18.9 Å². The van der Waals surface area contributed by atoms with Crippen molar-refractivity contribution in [2.75, 3.05) is 41.1 Å². The minimum absolute atomic E-state index is 0.114. The minimum atomic E-state index is -0.240. The van der Waals surface area contributed by atoms with Crippen LogP contribution in [0.15, 0.2) is 0 Å². The molecule has 96 valence electrons. The lowest BCUT2D eigenvalue weighted by Crippen LogP contribution is -2.49. The molecular formula is C11H23NO4. The summed E-state index contributed by atoms with van der Waals surface area (Å²) >= 11 is 0. The number of hydrogen-bond donors (Lipinski definition) is 1. The lowest BCUT2D eigenvalue weighted by atomic mass is 10.0. The lowest BCUT2D eigenvalue weighted by molar-refractivity contribution is -0.122. The normalized spacial score (nSPS) is 27.6. The number of hydrogen-bond acceptors (Lipinski definition) is 5. The van der Waals surface area contributed by atoms with Gasteiger partial charge >= 0.3 is 0 Å². The molecule has 0 radical (unpaired) electrons. The molecule has 1 N–H and O–H groups in total. The molecule has 2 unspecified atom stereocenters.